The summed E-state index contributed by atoms with van der Waals surface area (Å²) in [6, 6.07) is 12.6. The van der Waals surface area contributed by atoms with E-state index in [1.165, 1.54) is 6.08 Å². The first kappa shape index (κ1) is 27.9. The number of nitrogens with two attached hydrogens (primary N) is 1. The van der Waals surface area contributed by atoms with Crippen LogP contribution in [0.1, 0.15) is 13.3 Å². The zero-order valence-electron chi connectivity index (χ0n) is 22.1. The van der Waals surface area contributed by atoms with Crippen LogP contribution >= 0.6 is 11.6 Å². The summed E-state index contributed by atoms with van der Waals surface area (Å²) in [6.45, 7) is 9.19. The van der Waals surface area contributed by atoms with E-state index in [0.29, 0.717) is 28.6 Å². The number of carbonyl (C=O) groups excluding carboxylic acids is 2. The van der Waals surface area contributed by atoms with Gasteiger partial charge in [0.1, 0.15) is 11.6 Å². The number of benzene rings is 2. The summed E-state index contributed by atoms with van der Waals surface area (Å²) in [4.78, 5) is 33.3. The molecule has 4 N–H and O–H groups in total. The van der Waals surface area contributed by atoms with Crippen molar-refractivity contribution in [1.29, 1.82) is 0 Å². The molecule has 2 aromatic rings. The highest BCUT2D eigenvalue weighted by Gasteiger charge is 2.20. The second-order valence-electron chi connectivity index (χ2n) is 9.57. The topological polar surface area (TPSA) is 112 Å². The Balaban J connectivity index is 1.61. The number of ether oxygens (including phenoxy) is 1. The number of anilines is 3. The van der Waals surface area contributed by atoms with E-state index in [1.807, 2.05) is 31.2 Å². The summed E-state index contributed by atoms with van der Waals surface area (Å²) < 4.78 is 6.08. The standard InChI is InChI=1S/C29H33ClN6O3/c1-4-26(37)32-20-6-5-7-22(17-20)39-27-16-19(2)8-10-23(28(31)38)29(34-27)33-21-9-11-25(24(30)18-21)36-14-12-35(3)13-15-36/h4-7,9-11,16-19H,1,8,12-15H2,2-3H3,(H2,31,38)(H,32,37)(H,33,34)/b23-10+,27-16?. The smallest absolute Gasteiger partial charge is 0.252 e. The second-order valence-corrected chi connectivity index (χ2v) is 9.97. The van der Waals surface area contributed by atoms with Gasteiger partial charge in [-0.05, 0) is 61.9 Å². The van der Waals surface area contributed by atoms with Crippen LogP contribution in [0, 0.1) is 5.92 Å². The number of aliphatic imine (C=N–C) groups is 1. The maximum Gasteiger partial charge on any atom is 0.252 e. The lowest BCUT2D eigenvalue weighted by molar-refractivity contribution is -0.114. The molecule has 2 aliphatic heterocycles. The molecule has 10 heteroatoms. The minimum absolute atomic E-state index is 0.0283. The SMILES string of the molecule is C=CC(=O)Nc1cccc(OC2=CC(C)C/C=C(\C(N)=O)C(Nc3ccc(N4CCN(C)CC4)c(Cl)c3)=N2)c1. The average Bonchev–Trinajstić information content (AvgIpc) is 2.88. The van der Waals surface area contributed by atoms with Crippen LogP contribution < -0.4 is 26.0 Å². The van der Waals surface area contributed by atoms with Crippen LogP contribution in [0.3, 0.4) is 0 Å². The number of amides is 2. The van der Waals surface area contributed by atoms with E-state index in [-0.39, 0.29) is 29.1 Å². The number of likely N-dealkylation sites (N-methyl/N-ethyl adjacent to an activating group) is 1. The van der Waals surface area contributed by atoms with Crippen LogP contribution in [-0.4, -0.2) is 55.8 Å². The first-order valence-corrected chi connectivity index (χ1v) is 13.1. The summed E-state index contributed by atoms with van der Waals surface area (Å²) in [7, 11) is 2.11. The Morgan fingerprint density at radius 3 is 2.62 bits per heavy atom. The van der Waals surface area contributed by atoms with E-state index in [2.05, 4.69) is 39.1 Å². The molecule has 2 aromatic carbocycles. The molecule has 1 atom stereocenters. The highest BCUT2D eigenvalue weighted by atomic mass is 35.5. The molecule has 1 saturated heterocycles. The van der Waals surface area contributed by atoms with E-state index in [4.69, 9.17) is 22.1 Å². The van der Waals surface area contributed by atoms with Gasteiger partial charge in [-0.25, -0.2) is 0 Å². The van der Waals surface area contributed by atoms with Gasteiger partial charge in [-0.15, -0.1) is 0 Å². The van der Waals surface area contributed by atoms with Gasteiger partial charge in [-0.2, -0.15) is 4.99 Å². The number of halogens is 1. The Bertz CT molecular complexity index is 1340. The maximum absolute atomic E-state index is 12.4. The predicted octanol–water partition coefficient (Wildman–Crippen LogP) is 4.40. The molecule has 2 heterocycles. The third-order valence-corrected chi connectivity index (χ3v) is 6.73. The Hall–Kier alpha value is -4.08. The lowest BCUT2D eigenvalue weighted by Gasteiger charge is -2.34. The molecule has 0 aliphatic carbocycles. The largest absolute Gasteiger partial charge is 0.439 e. The van der Waals surface area contributed by atoms with Crippen LogP contribution in [0.15, 0.2) is 83.7 Å². The number of primary amides is 1. The van der Waals surface area contributed by atoms with Crippen molar-refractivity contribution in [3.05, 3.63) is 83.8 Å². The van der Waals surface area contributed by atoms with Gasteiger partial charge < -0.3 is 30.9 Å². The van der Waals surface area contributed by atoms with E-state index in [0.717, 1.165) is 31.9 Å². The number of carbonyl (C=O) groups is 2. The summed E-state index contributed by atoms with van der Waals surface area (Å²) in [5.41, 5.74) is 8.16. The van der Waals surface area contributed by atoms with E-state index >= 15 is 0 Å². The van der Waals surface area contributed by atoms with E-state index in [1.54, 1.807) is 30.3 Å². The van der Waals surface area contributed by atoms with Crippen LogP contribution in [-0.2, 0) is 9.59 Å². The fraction of sp³-hybridized carbons (Fsp3) is 0.276. The van der Waals surface area contributed by atoms with Gasteiger partial charge >= 0.3 is 0 Å². The number of hydrogen-bond donors (Lipinski definition) is 3. The van der Waals surface area contributed by atoms with Crippen molar-refractivity contribution in [2.45, 2.75) is 13.3 Å². The summed E-state index contributed by atoms with van der Waals surface area (Å²) >= 11 is 6.68. The van der Waals surface area contributed by atoms with Gasteiger partial charge in [0.05, 0.1) is 16.3 Å². The molecule has 2 amide bonds. The zero-order valence-corrected chi connectivity index (χ0v) is 22.9. The predicted molar refractivity (Wildman–Crippen MR) is 157 cm³/mol. The first-order chi connectivity index (χ1) is 18.7. The lowest BCUT2D eigenvalue weighted by Crippen LogP contribution is -2.44. The van der Waals surface area contributed by atoms with E-state index < -0.39 is 5.91 Å². The molecular formula is C29H33ClN6O3. The molecule has 4 rings (SSSR count). The molecule has 0 saturated carbocycles. The van der Waals surface area contributed by atoms with Crippen LogP contribution in [0.5, 0.6) is 5.75 Å². The Morgan fingerprint density at radius 1 is 1.15 bits per heavy atom. The fourth-order valence-corrected chi connectivity index (χ4v) is 4.57. The van der Waals surface area contributed by atoms with Gasteiger partial charge in [-0.3, -0.25) is 9.59 Å². The van der Waals surface area contributed by atoms with Crippen molar-refractivity contribution < 1.29 is 14.3 Å². The van der Waals surface area contributed by atoms with Crippen molar-refractivity contribution in [3.63, 3.8) is 0 Å². The third kappa shape index (κ3) is 7.49. The number of rotatable bonds is 7. The van der Waals surface area contributed by atoms with Crippen LogP contribution in [0.25, 0.3) is 0 Å². The summed E-state index contributed by atoms with van der Waals surface area (Å²) in [6.07, 6.45) is 5.40. The Kier molecular flexibility index (Phi) is 9.06. The zero-order chi connectivity index (χ0) is 27.9. The second kappa shape index (κ2) is 12.6. The number of allylic oxidation sites excluding steroid dienone is 2. The van der Waals surface area contributed by atoms with Gasteiger partial charge in [-0.1, -0.05) is 37.2 Å². The minimum atomic E-state index is -0.607. The van der Waals surface area contributed by atoms with Crippen LogP contribution in [0.4, 0.5) is 17.1 Å². The third-order valence-electron chi connectivity index (χ3n) is 6.43. The van der Waals surface area contributed by atoms with Gasteiger partial charge in [0.25, 0.3) is 5.91 Å². The van der Waals surface area contributed by atoms with Gasteiger partial charge in [0.2, 0.25) is 11.8 Å². The molecule has 204 valence electrons. The molecule has 39 heavy (non-hydrogen) atoms. The molecule has 0 bridgehead atoms. The average molecular weight is 549 g/mol. The van der Waals surface area contributed by atoms with Gasteiger partial charge in [0.15, 0.2) is 0 Å². The monoisotopic (exact) mass is 548 g/mol. The number of amidine groups is 1. The van der Waals surface area contributed by atoms with Crippen molar-refractivity contribution in [3.8, 4) is 5.75 Å². The first-order valence-electron chi connectivity index (χ1n) is 12.7. The molecule has 1 unspecified atom stereocenters. The minimum Gasteiger partial charge on any atom is -0.439 e. The number of nitrogens with one attached hydrogen (secondary N) is 2. The fourth-order valence-electron chi connectivity index (χ4n) is 4.27. The molecule has 0 aromatic heterocycles. The van der Waals surface area contributed by atoms with Crippen molar-refractivity contribution in [2.75, 3.05) is 48.8 Å². The van der Waals surface area contributed by atoms with Gasteiger partial charge in [0, 0.05) is 43.6 Å². The lowest BCUT2D eigenvalue weighted by atomic mass is 10.0. The molecule has 0 radical (unpaired) electrons. The van der Waals surface area contributed by atoms with Crippen LogP contribution in [0.2, 0.25) is 5.02 Å². The van der Waals surface area contributed by atoms with Crippen molar-refractivity contribution in [1.82, 2.24) is 4.90 Å². The van der Waals surface area contributed by atoms with Crippen molar-refractivity contribution in [2.24, 2.45) is 16.6 Å². The molecular weight excluding hydrogens is 516 g/mol. The number of nitrogens with zero attached hydrogens (tertiary/aromatic N) is 3. The molecule has 1 fully saturated rings. The Labute approximate surface area is 233 Å². The number of piperazine rings is 1. The number of hydrogen-bond acceptors (Lipinski definition) is 7. The summed E-state index contributed by atoms with van der Waals surface area (Å²) in [5.74, 6) is 0.0844. The van der Waals surface area contributed by atoms with E-state index in [9.17, 15) is 9.59 Å². The normalized spacial score (nSPS) is 19.4. The molecule has 2 aliphatic rings. The maximum atomic E-state index is 12.4. The quantitative estimate of drug-likeness (QED) is 0.442. The summed E-state index contributed by atoms with van der Waals surface area (Å²) in [5, 5.41) is 6.52. The Morgan fingerprint density at radius 2 is 1.92 bits per heavy atom. The molecule has 9 nitrogen and oxygen atoms in total. The highest BCUT2D eigenvalue weighted by Crippen LogP contribution is 2.30. The van der Waals surface area contributed by atoms with Crippen molar-refractivity contribution >= 4 is 46.3 Å². The highest BCUT2D eigenvalue weighted by molar-refractivity contribution is 6.34. The molecule has 0 spiro atoms.